The Morgan fingerprint density at radius 1 is 1.53 bits per heavy atom. The molecule has 78 valence electrons. The van der Waals surface area contributed by atoms with Crippen molar-refractivity contribution in [1.82, 2.24) is 9.97 Å². The highest BCUT2D eigenvalue weighted by Gasteiger charge is 2.12. The van der Waals surface area contributed by atoms with Crippen molar-refractivity contribution in [2.75, 3.05) is 0 Å². The molecule has 0 saturated carbocycles. The van der Waals surface area contributed by atoms with Crippen molar-refractivity contribution >= 4 is 17.2 Å². The van der Waals surface area contributed by atoms with Crippen LogP contribution in [0.4, 0.5) is 4.39 Å². The summed E-state index contributed by atoms with van der Waals surface area (Å²) in [6.45, 7) is 2.07. The predicted molar refractivity (Wildman–Crippen MR) is 57.9 cm³/mol. The van der Waals surface area contributed by atoms with E-state index in [1.807, 2.05) is 18.2 Å². The van der Waals surface area contributed by atoms with E-state index in [4.69, 9.17) is 11.6 Å². The van der Waals surface area contributed by atoms with Gasteiger partial charge in [0.2, 0.25) is 5.28 Å². The first-order chi connectivity index (χ1) is 7.16. The van der Waals surface area contributed by atoms with Gasteiger partial charge in [0.15, 0.2) is 5.82 Å². The minimum Gasteiger partial charge on any atom is -0.223 e. The second-order valence-corrected chi connectivity index (χ2v) is 3.91. The molecule has 0 radical (unpaired) electrons. The molecule has 0 spiro atoms. The van der Waals surface area contributed by atoms with E-state index >= 15 is 0 Å². The number of hydrogen-bond donors (Lipinski definition) is 0. The first-order valence-electron chi connectivity index (χ1n) is 4.73. The molecule has 0 fully saturated rings. The minimum atomic E-state index is -0.440. The topological polar surface area (TPSA) is 25.8 Å². The molecule has 0 aliphatic heterocycles. The van der Waals surface area contributed by atoms with Gasteiger partial charge in [0.1, 0.15) is 5.69 Å². The van der Waals surface area contributed by atoms with Crippen LogP contribution < -0.4 is 0 Å². The highest BCUT2D eigenvalue weighted by molar-refractivity contribution is 6.28. The molecule has 1 aromatic rings. The van der Waals surface area contributed by atoms with Crippen molar-refractivity contribution in [3.63, 3.8) is 0 Å². The molecule has 2 nitrogen and oxygen atoms in total. The van der Waals surface area contributed by atoms with Gasteiger partial charge in [-0.2, -0.15) is 0 Å². The summed E-state index contributed by atoms with van der Waals surface area (Å²) in [6, 6.07) is 0. The molecule has 4 heteroatoms. The van der Waals surface area contributed by atoms with Crippen molar-refractivity contribution in [2.45, 2.75) is 13.3 Å². The van der Waals surface area contributed by atoms with Crippen LogP contribution in [-0.4, -0.2) is 9.97 Å². The Morgan fingerprint density at radius 3 is 3.07 bits per heavy atom. The maximum Gasteiger partial charge on any atom is 0.223 e. The third kappa shape index (κ3) is 2.23. The number of hydrogen-bond acceptors (Lipinski definition) is 2. The summed E-state index contributed by atoms with van der Waals surface area (Å²) >= 11 is 5.63. The Kier molecular flexibility index (Phi) is 2.82. The maximum absolute atomic E-state index is 13.4. The monoisotopic (exact) mass is 224 g/mol. The lowest BCUT2D eigenvalue weighted by molar-refractivity contribution is 0.608. The SMILES string of the molecule is CC1C=C(c2nc(Cl)ncc2F)C=CC1. The van der Waals surface area contributed by atoms with Gasteiger partial charge in [0.05, 0.1) is 6.20 Å². The fourth-order valence-corrected chi connectivity index (χ4v) is 1.68. The first-order valence-corrected chi connectivity index (χ1v) is 5.11. The van der Waals surface area contributed by atoms with E-state index in [2.05, 4.69) is 16.9 Å². The number of rotatable bonds is 1. The largest absolute Gasteiger partial charge is 0.223 e. The maximum atomic E-state index is 13.4. The van der Waals surface area contributed by atoms with Crippen LogP contribution in [-0.2, 0) is 0 Å². The van der Waals surface area contributed by atoms with Crippen molar-refractivity contribution in [2.24, 2.45) is 5.92 Å². The van der Waals surface area contributed by atoms with Gasteiger partial charge < -0.3 is 0 Å². The normalized spacial score (nSPS) is 20.2. The Balaban J connectivity index is 2.45. The Hall–Kier alpha value is -1.22. The second-order valence-electron chi connectivity index (χ2n) is 3.57. The average molecular weight is 225 g/mol. The minimum absolute atomic E-state index is 0.0685. The van der Waals surface area contributed by atoms with Gasteiger partial charge in [-0.1, -0.05) is 25.2 Å². The lowest BCUT2D eigenvalue weighted by Crippen LogP contribution is -2.00. The van der Waals surface area contributed by atoms with Crippen LogP contribution in [0.3, 0.4) is 0 Å². The molecule has 1 heterocycles. The van der Waals surface area contributed by atoms with Gasteiger partial charge in [-0.25, -0.2) is 14.4 Å². The van der Waals surface area contributed by atoms with Crippen LogP contribution in [0.5, 0.6) is 0 Å². The molecule has 0 saturated heterocycles. The molecule has 0 amide bonds. The molecule has 0 aromatic carbocycles. The fraction of sp³-hybridized carbons (Fsp3) is 0.273. The molecule has 1 aromatic heterocycles. The van der Waals surface area contributed by atoms with Gasteiger partial charge in [-0.15, -0.1) is 0 Å². The number of allylic oxidation sites excluding steroid dienone is 4. The van der Waals surface area contributed by atoms with Crippen molar-refractivity contribution in [3.8, 4) is 0 Å². The van der Waals surface area contributed by atoms with E-state index in [0.717, 1.165) is 18.2 Å². The van der Waals surface area contributed by atoms with E-state index in [0.29, 0.717) is 5.92 Å². The second kappa shape index (κ2) is 4.11. The van der Waals surface area contributed by atoms with E-state index in [-0.39, 0.29) is 11.0 Å². The quantitative estimate of drug-likeness (QED) is 0.685. The molecular weight excluding hydrogens is 215 g/mol. The van der Waals surface area contributed by atoms with Gasteiger partial charge >= 0.3 is 0 Å². The zero-order valence-electron chi connectivity index (χ0n) is 8.24. The summed E-state index contributed by atoms with van der Waals surface area (Å²) in [6.07, 6.45) is 7.93. The van der Waals surface area contributed by atoms with E-state index < -0.39 is 5.82 Å². The van der Waals surface area contributed by atoms with Crippen molar-refractivity contribution in [1.29, 1.82) is 0 Å². The molecule has 1 atom stereocenters. The summed E-state index contributed by atoms with van der Waals surface area (Å²) in [4.78, 5) is 7.47. The summed E-state index contributed by atoms with van der Waals surface area (Å²) in [5, 5.41) is 0.0685. The molecule has 15 heavy (non-hydrogen) atoms. The van der Waals surface area contributed by atoms with Crippen LogP contribution in [0.2, 0.25) is 5.28 Å². The van der Waals surface area contributed by atoms with Gasteiger partial charge in [0, 0.05) is 0 Å². The average Bonchev–Trinajstić information content (AvgIpc) is 2.22. The third-order valence-electron chi connectivity index (χ3n) is 2.26. The highest BCUT2D eigenvalue weighted by Crippen LogP contribution is 2.25. The van der Waals surface area contributed by atoms with Crippen LogP contribution >= 0.6 is 11.6 Å². The zero-order valence-corrected chi connectivity index (χ0v) is 9.00. The Labute approximate surface area is 92.5 Å². The summed E-state index contributed by atoms with van der Waals surface area (Å²) in [5.74, 6) is -0.0393. The summed E-state index contributed by atoms with van der Waals surface area (Å²) in [7, 11) is 0. The summed E-state index contributed by atoms with van der Waals surface area (Å²) in [5.41, 5.74) is 1.05. The molecule has 0 N–H and O–H groups in total. The zero-order chi connectivity index (χ0) is 10.8. The third-order valence-corrected chi connectivity index (χ3v) is 2.44. The van der Waals surface area contributed by atoms with Crippen molar-refractivity contribution < 1.29 is 4.39 Å². The lowest BCUT2D eigenvalue weighted by atomic mass is 9.96. The predicted octanol–water partition coefficient (Wildman–Crippen LogP) is 3.25. The molecule has 2 rings (SSSR count). The lowest BCUT2D eigenvalue weighted by Gasteiger charge is -2.12. The molecule has 1 aliphatic carbocycles. The molecule has 0 bridgehead atoms. The summed E-state index contributed by atoms with van der Waals surface area (Å²) < 4.78 is 13.4. The number of halogens is 2. The molecular formula is C11H10ClFN2. The van der Waals surface area contributed by atoms with Gasteiger partial charge in [0.25, 0.3) is 0 Å². The van der Waals surface area contributed by atoms with Gasteiger partial charge in [-0.3, -0.25) is 0 Å². The highest BCUT2D eigenvalue weighted by atomic mass is 35.5. The Bertz CT molecular complexity index is 440. The molecule has 1 aliphatic rings. The van der Waals surface area contributed by atoms with E-state index in [9.17, 15) is 4.39 Å². The van der Waals surface area contributed by atoms with Gasteiger partial charge in [-0.05, 0) is 29.5 Å². The molecule has 1 unspecified atom stereocenters. The fourth-order valence-electron chi connectivity index (χ4n) is 1.55. The van der Waals surface area contributed by atoms with E-state index in [1.54, 1.807) is 0 Å². The van der Waals surface area contributed by atoms with Crippen LogP contribution in [0, 0.1) is 11.7 Å². The van der Waals surface area contributed by atoms with Crippen molar-refractivity contribution in [3.05, 3.63) is 41.2 Å². The number of aromatic nitrogens is 2. The smallest absolute Gasteiger partial charge is 0.223 e. The van der Waals surface area contributed by atoms with Crippen LogP contribution in [0.1, 0.15) is 19.0 Å². The first kappa shape index (κ1) is 10.3. The van der Waals surface area contributed by atoms with E-state index in [1.165, 1.54) is 0 Å². The van der Waals surface area contributed by atoms with Crippen LogP contribution in [0.25, 0.3) is 5.57 Å². The number of nitrogens with zero attached hydrogens (tertiary/aromatic N) is 2. The van der Waals surface area contributed by atoms with Crippen LogP contribution in [0.15, 0.2) is 24.4 Å². The standard InChI is InChI=1S/C11H10ClFN2/c1-7-3-2-4-8(5-7)10-9(13)6-14-11(12)15-10/h2,4-7H,3H2,1H3. The Morgan fingerprint density at radius 2 is 2.33 bits per heavy atom.